The van der Waals surface area contributed by atoms with Gasteiger partial charge < -0.3 is 4.79 Å². The first-order valence-corrected chi connectivity index (χ1v) is 7.28. The predicted octanol–water partition coefficient (Wildman–Crippen LogP) is 4.89. The van der Waals surface area contributed by atoms with Crippen LogP contribution in [0.25, 0.3) is 0 Å². The van der Waals surface area contributed by atoms with Crippen molar-refractivity contribution in [3.8, 4) is 0 Å². The van der Waals surface area contributed by atoms with Gasteiger partial charge in [0.25, 0.3) is 0 Å². The smallest absolute Gasteiger partial charge is 0.130 e. The summed E-state index contributed by atoms with van der Waals surface area (Å²) < 4.78 is 0. The third kappa shape index (κ3) is 7.03. The molecule has 0 saturated heterocycles. The Kier molecular flexibility index (Phi) is 7.54. The molecule has 1 heteroatoms. The fourth-order valence-corrected chi connectivity index (χ4v) is 2.86. The van der Waals surface area contributed by atoms with Crippen molar-refractivity contribution in [2.24, 2.45) is 5.92 Å². The molecular formula is C15H28O. The van der Waals surface area contributed by atoms with E-state index in [1.165, 1.54) is 70.6 Å². The molecule has 2 fully saturated rings. The summed E-state index contributed by atoms with van der Waals surface area (Å²) in [5, 5.41) is 0. The Hall–Kier alpha value is -0.330. The van der Waals surface area contributed by atoms with Crippen molar-refractivity contribution in [1.29, 1.82) is 0 Å². The van der Waals surface area contributed by atoms with Gasteiger partial charge in [0, 0.05) is 6.42 Å². The van der Waals surface area contributed by atoms with E-state index in [4.69, 9.17) is 0 Å². The van der Waals surface area contributed by atoms with E-state index in [9.17, 15) is 4.79 Å². The lowest BCUT2D eigenvalue weighted by Crippen LogP contribution is -2.09. The van der Waals surface area contributed by atoms with E-state index in [1.807, 2.05) is 0 Å². The number of hydrogen-bond donors (Lipinski definition) is 0. The summed E-state index contributed by atoms with van der Waals surface area (Å²) in [4.78, 5) is 10.7. The van der Waals surface area contributed by atoms with Crippen LogP contribution in [0, 0.1) is 5.92 Å². The van der Waals surface area contributed by atoms with Crippen LogP contribution in [-0.4, -0.2) is 5.78 Å². The molecule has 0 spiro atoms. The normalized spacial score (nSPS) is 22.1. The molecule has 0 aliphatic heterocycles. The number of rotatable bonds is 2. The summed E-state index contributed by atoms with van der Waals surface area (Å²) in [6, 6.07) is 0. The van der Waals surface area contributed by atoms with Crippen LogP contribution < -0.4 is 0 Å². The minimum atomic E-state index is 0.368. The van der Waals surface area contributed by atoms with Crippen molar-refractivity contribution < 1.29 is 4.79 Å². The topological polar surface area (TPSA) is 17.1 Å². The van der Waals surface area contributed by atoms with E-state index in [2.05, 4.69) is 0 Å². The van der Waals surface area contributed by atoms with Crippen LogP contribution in [0.1, 0.15) is 84.0 Å². The molecule has 0 bridgehead atoms. The molecular weight excluding hydrogens is 196 g/mol. The zero-order valence-electron chi connectivity index (χ0n) is 11.0. The maximum absolute atomic E-state index is 10.7. The van der Waals surface area contributed by atoms with E-state index in [0.29, 0.717) is 5.78 Å². The standard InChI is InChI=1S/C9H16O.C6H12/c1-8(10)7-9-5-3-2-4-6-9;1-2-4-6-5-3-1/h9H,2-7H2,1H3;1-6H2. The molecule has 2 rings (SSSR count). The first-order chi connectivity index (χ1) is 7.79. The predicted molar refractivity (Wildman–Crippen MR) is 69.6 cm³/mol. The van der Waals surface area contributed by atoms with Gasteiger partial charge in [-0.2, -0.15) is 0 Å². The number of ketones is 1. The highest BCUT2D eigenvalue weighted by Crippen LogP contribution is 2.26. The molecule has 16 heavy (non-hydrogen) atoms. The van der Waals surface area contributed by atoms with Crippen molar-refractivity contribution in [1.82, 2.24) is 0 Å². The maximum atomic E-state index is 10.7. The first-order valence-electron chi connectivity index (χ1n) is 7.28. The number of carbonyl (C=O) groups is 1. The summed E-state index contributed by atoms with van der Waals surface area (Å²) in [5.41, 5.74) is 0. The van der Waals surface area contributed by atoms with E-state index < -0.39 is 0 Å². The molecule has 94 valence electrons. The van der Waals surface area contributed by atoms with Gasteiger partial charge in [-0.05, 0) is 12.8 Å². The lowest BCUT2D eigenvalue weighted by Gasteiger charge is -2.19. The molecule has 2 saturated carbocycles. The second kappa shape index (κ2) is 8.78. The minimum absolute atomic E-state index is 0.368. The van der Waals surface area contributed by atoms with Gasteiger partial charge in [0.1, 0.15) is 5.78 Å². The molecule has 2 aliphatic carbocycles. The monoisotopic (exact) mass is 224 g/mol. The van der Waals surface area contributed by atoms with Crippen LogP contribution in [0.5, 0.6) is 0 Å². The van der Waals surface area contributed by atoms with Crippen LogP contribution >= 0.6 is 0 Å². The van der Waals surface area contributed by atoms with Gasteiger partial charge in [0.05, 0.1) is 0 Å². The molecule has 0 amide bonds. The van der Waals surface area contributed by atoms with Gasteiger partial charge in [-0.15, -0.1) is 0 Å². The van der Waals surface area contributed by atoms with E-state index in [1.54, 1.807) is 6.92 Å². The molecule has 0 radical (unpaired) electrons. The van der Waals surface area contributed by atoms with Gasteiger partial charge >= 0.3 is 0 Å². The maximum Gasteiger partial charge on any atom is 0.130 e. The zero-order chi connectivity index (χ0) is 11.6. The van der Waals surface area contributed by atoms with Crippen molar-refractivity contribution in [2.45, 2.75) is 84.0 Å². The molecule has 0 aromatic rings. The minimum Gasteiger partial charge on any atom is -0.300 e. The third-order valence-corrected chi connectivity index (χ3v) is 3.80. The van der Waals surface area contributed by atoms with Crippen LogP contribution in [0.3, 0.4) is 0 Å². The molecule has 0 heterocycles. The van der Waals surface area contributed by atoms with Gasteiger partial charge in [-0.1, -0.05) is 70.6 Å². The Morgan fingerprint density at radius 2 is 1.19 bits per heavy atom. The van der Waals surface area contributed by atoms with Crippen LogP contribution in [-0.2, 0) is 4.79 Å². The van der Waals surface area contributed by atoms with Gasteiger partial charge in [-0.3, -0.25) is 0 Å². The Labute approximate surface area is 101 Å². The van der Waals surface area contributed by atoms with Crippen LogP contribution in [0.4, 0.5) is 0 Å². The molecule has 0 aromatic heterocycles. The quantitative estimate of drug-likeness (QED) is 0.653. The molecule has 0 atom stereocenters. The van der Waals surface area contributed by atoms with Crippen molar-refractivity contribution in [3.05, 3.63) is 0 Å². The van der Waals surface area contributed by atoms with Crippen molar-refractivity contribution in [3.63, 3.8) is 0 Å². The van der Waals surface area contributed by atoms with Gasteiger partial charge in [0.15, 0.2) is 0 Å². The van der Waals surface area contributed by atoms with E-state index in [0.717, 1.165) is 12.3 Å². The largest absolute Gasteiger partial charge is 0.300 e. The van der Waals surface area contributed by atoms with Crippen LogP contribution in [0.15, 0.2) is 0 Å². The highest BCUT2D eigenvalue weighted by molar-refractivity contribution is 5.75. The van der Waals surface area contributed by atoms with Crippen LogP contribution in [0.2, 0.25) is 0 Å². The summed E-state index contributed by atoms with van der Waals surface area (Å²) >= 11 is 0. The second-order valence-corrected chi connectivity index (χ2v) is 5.53. The number of carbonyl (C=O) groups excluding carboxylic acids is 1. The Morgan fingerprint density at radius 1 is 0.812 bits per heavy atom. The average Bonchev–Trinajstić information content (AvgIpc) is 2.32. The van der Waals surface area contributed by atoms with E-state index >= 15 is 0 Å². The molecule has 0 N–H and O–H groups in total. The fourth-order valence-electron chi connectivity index (χ4n) is 2.86. The fraction of sp³-hybridized carbons (Fsp3) is 0.933. The first kappa shape index (κ1) is 13.7. The third-order valence-electron chi connectivity index (χ3n) is 3.80. The summed E-state index contributed by atoms with van der Waals surface area (Å²) in [6.07, 6.45) is 16.5. The summed E-state index contributed by atoms with van der Waals surface area (Å²) in [7, 11) is 0. The molecule has 0 unspecified atom stereocenters. The SMILES string of the molecule is C1CCCCC1.CC(=O)CC1CCCCC1. The summed E-state index contributed by atoms with van der Waals surface area (Å²) in [6.45, 7) is 1.70. The van der Waals surface area contributed by atoms with E-state index in [-0.39, 0.29) is 0 Å². The Bertz CT molecular complexity index is 164. The molecule has 2 aliphatic rings. The van der Waals surface area contributed by atoms with Gasteiger partial charge in [0.2, 0.25) is 0 Å². The highest BCUT2D eigenvalue weighted by atomic mass is 16.1. The lowest BCUT2D eigenvalue weighted by atomic mass is 9.86. The summed E-state index contributed by atoms with van der Waals surface area (Å²) in [5.74, 6) is 1.10. The number of Topliss-reactive ketones (excluding diaryl/α,β-unsaturated/α-hetero) is 1. The number of hydrogen-bond acceptors (Lipinski definition) is 1. The average molecular weight is 224 g/mol. The van der Waals surface area contributed by atoms with Crippen molar-refractivity contribution >= 4 is 5.78 Å². The molecule has 1 nitrogen and oxygen atoms in total. The Balaban J connectivity index is 0.000000181. The Morgan fingerprint density at radius 3 is 1.56 bits per heavy atom. The lowest BCUT2D eigenvalue weighted by molar-refractivity contribution is -0.118. The molecule has 0 aromatic carbocycles. The van der Waals surface area contributed by atoms with Gasteiger partial charge in [-0.25, -0.2) is 0 Å². The van der Waals surface area contributed by atoms with Crippen molar-refractivity contribution in [2.75, 3.05) is 0 Å². The zero-order valence-corrected chi connectivity index (χ0v) is 11.0. The second-order valence-electron chi connectivity index (χ2n) is 5.53. The highest BCUT2D eigenvalue weighted by Gasteiger charge is 2.14.